The van der Waals surface area contributed by atoms with Gasteiger partial charge in [-0.2, -0.15) is 0 Å². The third-order valence-corrected chi connectivity index (χ3v) is 5.31. The highest BCUT2D eigenvalue weighted by molar-refractivity contribution is 5.95. The molecule has 2 atom stereocenters. The van der Waals surface area contributed by atoms with Crippen molar-refractivity contribution in [2.45, 2.75) is 45.6 Å². The Balaban J connectivity index is 1.78. The standard InChI is InChI=1S/C19H29N3O2/c1-3-5-18-15(2)6-4-7-22(18)19(23)16-12-17(14-20-13-16)21-8-10-24-11-9-21/h12-15,18H,3-11H2,1-2H3/t15-,18-/m1/s1. The lowest BCUT2D eigenvalue weighted by Crippen LogP contribution is -2.47. The second-order valence-electron chi connectivity index (χ2n) is 7.01. The van der Waals surface area contributed by atoms with Crippen LogP contribution in [0.3, 0.4) is 0 Å². The van der Waals surface area contributed by atoms with Crippen LogP contribution in [0.15, 0.2) is 18.5 Å². The lowest BCUT2D eigenvalue weighted by atomic mass is 9.87. The summed E-state index contributed by atoms with van der Waals surface area (Å²) < 4.78 is 5.41. The highest BCUT2D eigenvalue weighted by atomic mass is 16.5. The zero-order chi connectivity index (χ0) is 16.9. The average Bonchev–Trinajstić information content (AvgIpc) is 2.64. The molecule has 3 heterocycles. The first-order valence-corrected chi connectivity index (χ1v) is 9.29. The maximum absolute atomic E-state index is 13.1. The van der Waals surface area contributed by atoms with E-state index in [1.807, 2.05) is 12.3 Å². The third kappa shape index (κ3) is 3.72. The van der Waals surface area contributed by atoms with E-state index in [9.17, 15) is 4.79 Å². The summed E-state index contributed by atoms with van der Waals surface area (Å²) in [6, 6.07) is 2.37. The van der Waals surface area contributed by atoms with Crippen LogP contribution < -0.4 is 4.90 Å². The minimum Gasteiger partial charge on any atom is -0.378 e. The van der Waals surface area contributed by atoms with Gasteiger partial charge >= 0.3 is 0 Å². The molecule has 1 aromatic rings. The number of carbonyl (C=O) groups excluding carboxylic acids is 1. The number of nitrogens with zero attached hydrogens (tertiary/aromatic N) is 3. The van der Waals surface area contributed by atoms with Gasteiger partial charge in [0.05, 0.1) is 30.7 Å². The van der Waals surface area contributed by atoms with Gasteiger partial charge in [-0.05, 0) is 31.2 Å². The maximum Gasteiger partial charge on any atom is 0.255 e. The van der Waals surface area contributed by atoms with Crippen LogP contribution in [0, 0.1) is 5.92 Å². The molecule has 0 saturated carbocycles. The Bertz CT molecular complexity index is 557. The first-order valence-electron chi connectivity index (χ1n) is 9.29. The molecule has 0 N–H and O–H groups in total. The Morgan fingerprint density at radius 2 is 2.08 bits per heavy atom. The normalized spacial score (nSPS) is 24.9. The van der Waals surface area contributed by atoms with Crippen molar-refractivity contribution in [2.24, 2.45) is 5.92 Å². The predicted molar refractivity (Wildman–Crippen MR) is 95.4 cm³/mol. The minimum absolute atomic E-state index is 0.141. The Kier molecular flexibility index (Phi) is 5.72. The summed E-state index contributed by atoms with van der Waals surface area (Å²) in [5, 5.41) is 0. The fourth-order valence-electron chi connectivity index (χ4n) is 3.94. The molecular formula is C19H29N3O2. The summed E-state index contributed by atoms with van der Waals surface area (Å²) in [4.78, 5) is 21.8. The second-order valence-corrected chi connectivity index (χ2v) is 7.01. The molecule has 2 aliphatic heterocycles. The van der Waals surface area contributed by atoms with Crippen LogP contribution in [0.2, 0.25) is 0 Å². The summed E-state index contributed by atoms with van der Waals surface area (Å²) >= 11 is 0. The molecule has 0 spiro atoms. The Morgan fingerprint density at radius 1 is 1.29 bits per heavy atom. The zero-order valence-corrected chi connectivity index (χ0v) is 14.9. The van der Waals surface area contributed by atoms with Crippen molar-refractivity contribution >= 4 is 11.6 Å². The maximum atomic E-state index is 13.1. The van der Waals surface area contributed by atoms with Gasteiger partial charge in [0.2, 0.25) is 0 Å². The predicted octanol–water partition coefficient (Wildman–Crippen LogP) is 2.96. The topological polar surface area (TPSA) is 45.7 Å². The van der Waals surface area contributed by atoms with Crippen molar-refractivity contribution < 1.29 is 9.53 Å². The summed E-state index contributed by atoms with van der Waals surface area (Å²) in [5.41, 5.74) is 1.75. The van der Waals surface area contributed by atoms with Crippen LogP contribution in [0.1, 0.15) is 49.9 Å². The van der Waals surface area contributed by atoms with E-state index in [0.29, 0.717) is 17.5 Å². The Morgan fingerprint density at radius 3 is 2.83 bits per heavy atom. The lowest BCUT2D eigenvalue weighted by Gasteiger charge is -2.40. The molecule has 0 aromatic carbocycles. The van der Waals surface area contributed by atoms with Gasteiger partial charge in [0.15, 0.2) is 0 Å². The van der Waals surface area contributed by atoms with E-state index in [2.05, 4.69) is 28.6 Å². The van der Waals surface area contributed by atoms with Gasteiger partial charge in [0.25, 0.3) is 5.91 Å². The molecule has 1 amide bonds. The van der Waals surface area contributed by atoms with Gasteiger partial charge in [-0.1, -0.05) is 20.3 Å². The fraction of sp³-hybridized carbons (Fsp3) is 0.684. The smallest absolute Gasteiger partial charge is 0.255 e. The van der Waals surface area contributed by atoms with Crippen molar-refractivity contribution in [3.63, 3.8) is 0 Å². The number of hydrogen-bond acceptors (Lipinski definition) is 4. The number of ether oxygens (including phenoxy) is 1. The molecule has 24 heavy (non-hydrogen) atoms. The number of piperidine rings is 1. The molecule has 5 heteroatoms. The van der Waals surface area contributed by atoms with Crippen LogP contribution in [0.5, 0.6) is 0 Å². The first-order chi connectivity index (χ1) is 11.7. The molecule has 2 aliphatic rings. The largest absolute Gasteiger partial charge is 0.378 e. The first kappa shape index (κ1) is 17.2. The van der Waals surface area contributed by atoms with Crippen molar-refractivity contribution in [1.29, 1.82) is 0 Å². The van der Waals surface area contributed by atoms with Crippen LogP contribution in [0.25, 0.3) is 0 Å². The number of carbonyl (C=O) groups is 1. The van der Waals surface area contributed by atoms with Crippen LogP contribution in [0.4, 0.5) is 5.69 Å². The van der Waals surface area contributed by atoms with Gasteiger partial charge in [-0.25, -0.2) is 0 Å². The highest BCUT2D eigenvalue weighted by Crippen LogP contribution is 2.28. The van der Waals surface area contributed by atoms with Gasteiger partial charge < -0.3 is 14.5 Å². The number of likely N-dealkylation sites (tertiary alicyclic amines) is 1. The number of morpholine rings is 1. The molecule has 5 nitrogen and oxygen atoms in total. The number of pyridine rings is 1. The second kappa shape index (κ2) is 7.97. The molecule has 1 aromatic heterocycles. The van der Waals surface area contributed by atoms with E-state index in [4.69, 9.17) is 4.74 Å². The molecule has 0 bridgehead atoms. The molecule has 0 aliphatic carbocycles. The summed E-state index contributed by atoms with van der Waals surface area (Å²) in [5.74, 6) is 0.723. The minimum atomic E-state index is 0.141. The van der Waals surface area contributed by atoms with Crippen molar-refractivity contribution in [3.05, 3.63) is 24.0 Å². The van der Waals surface area contributed by atoms with E-state index in [-0.39, 0.29) is 5.91 Å². The van der Waals surface area contributed by atoms with Crippen molar-refractivity contribution in [1.82, 2.24) is 9.88 Å². The van der Waals surface area contributed by atoms with E-state index >= 15 is 0 Å². The summed E-state index contributed by atoms with van der Waals surface area (Å²) in [7, 11) is 0. The number of aromatic nitrogens is 1. The SMILES string of the molecule is CCC[C@@H]1[C@H](C)CCCN1C(=O)c1cncc(N2CCOCC2)c1. The summed E-state index contributed by atoms with van der Waals surface area (Å²) in [6.07, 6.45) is 8.09. The fourth-order valence-corrected chi connectivity index (χ4v) is 3.94. The lowest BCUT2D eigenvalue weighted by molar-refractivity contribution is 0.0497. The van der Waals surface area contributed by atoms with Gasteiger partial charge in [0.1, 0.15) is 0 Å². The van der Waals surface area contributed by atoms with Crippen LogP contribution in [-0.4, -0.2) is 54.7 Å². The molecule has 132 valence electrons. The Labute approximate surface area is 145 Å². The zero-order valence-electron chi connectivity index (χ0n) is 14.9. The molecule has 0 radical (unpaired) electrons. The van der Waals surface area contributed by atoms with E-state index in [1.165, 1.54) is 6.42 Å². The van der Waals surface area contributed by atoms with Crippen molar-refractivity contribution in [3.8, 4) is 0 Å². The van der Waals surface area contributed by atoms with Gasteiger partial charge in [-0.3, -0.25) is 9.78 Å². The molecule has 3 rings (SSSR count). The number of hydrogen-bond donors (Lipinski definition) is 0. The van der Waals surface area contributed by atoms with Crippen LogP contribution >= 0.6 is 0 Å². The molecule has 2 saturated heterocycles. The number of rotatable bonds is 4. The average molecular weight is 331 g/mol. The highest BCUT2D eigenvalue weighted by Gasteiger charge is 2.32. The van der Waals surface area contributed by atoms with Gasteiger partial charge in [-0.15, -0.1) is 0 Å². The van der Waals surface area contributed by atoms with E-state index in [0.717, 1.165) is 57.8 Å². The van der Waals surface area contributed by atoms with Gasteiger partial charge in [0, 0.05) is 31.9 Å². The molecular weight excluding hydrogens is 302 g/mol. The number of amides is 1. The third-order valence-electron chi connectivity index (χ3n) is 5.31. The van der Waals surface area contributed by atoms with Crippen molar-refractivity contribution in [2.75, 3.05) is 37.7 Å². The summed E-state index contributed by atoms with van der Waals surface area (Å²) in [6.45, 7) is 8.54. The number of anilines is 1. The Hall–Kier alpha value is -1.62. The molecule has 0 unspecified atom stereocenters. The monoisotopic (exact) mass is 331 g/mol. The van der Waals surface area contributed by atoms with Crippen LogP contribution in [-0.2, 0) is 4.74 Å². The quantitative estimate of drug-likeness (QED) is 0.851. The van der Waals surface area contributed by atoms with E-state index in [1.54, 1.807) is 6.20 Å². The molecule has 2 fully saturated rings. The van der Waals surface area contributed by atoms with E-state index < -0.39 is 0 Å².